The first kappa shape index (κ1) is 14.4. The van der Waals surface area contributed by atoms with Gasteiger partial charge in [0.1, 0.15) is 6.10 Å². The number of aromatic nitrogens is 3. The van der Waals surface area contributed by atoms with Crippen LogP contribution in [-0.4, -0.2) is 15.2 Å². The lowest BCUT2D eigenvalue weighted by Crippen LogP contribution is -2.06. The van der Waals surface area contributed by atoms with Gasteiger partial charge in [-0.15, -0.1) is 0 Å². The lowest BCUT2D eigenvalue weighted by atomic mass is 10.1. The molecule has 6 heteroatoms. The van der Waals surface area contributed by atoms with Crippen molar-refractivity contribution in [2.24, 2.45) is 0 Å². The summed E-state index contributed by atoms with van der Waals surface area (Å²) in [5.74, 6) is 0.859. The molecule has 0 bridgehead atoms. The summed E-state index contributed by atoms with van der Waals surface area (Å²) in [5.41, 5.74) is 8.61. The lowest BCUT2D eigenvalue weighted by Gasteiger charge is -2.17. The van der Waals surface area contributed by atoms with Gasteiger partial charge in [-0.3, -0.25) is 5.10 Å². The molecule has 2 aromatic heterocycles. The predicted molar refractivity (Wildman–Crippen MR) is 86.7 cm³/mol. The summed E-state index contributed by atoms with van der Waals surface area (Å²) in [5, 5.41) is 7.36. The number of nitrogens with zero attached hydrogens (tertiary/aromatic N) is 2. The molecule has 2 heterocycles. The first-order chi connectivity index (χ1) is 10.6. The number of H-pyrrole nitrogens is 1. The largest absolute Gasteiger partial charge is 0.482 e. The number of halogens is 1. The van der Waals surface area contributed by atoms with E-state index in [-0.39, 0.29) is 6.10 Å². The third kappa shape index (κ3) is 2.89. The van der Waals surface area contributed by atoms with Gasteiger partial charge in [-0.05, 0) is 19.1 Å². The minimum Gasteiger partial charge on any atom is -0.482 e. The van der Waals surface area contributed by atoms with Gasteiger partial charge in [0.25, 0.3) is 0 Å². The van der Waals surface area contributed by atoms with Crippen LogP contribution < -0.4 is 10.5 Å². The predicted octanol–water partition coefficient (Wildman–Crippen LogP) is 3.85. The van der Waals surface area contributed by atoms with Gasteiger partial charge in [0, 0.05) is 34.1 Å². The molecule has 3 rings (SSSR count). The van der Waals surface area contributed by atoms with E-state index in [2.05, 4.69) is 15.2 Å². The molecule has 0 aliphatic carbocycles. The van der Waals surface area contributed by atoms with Crippen LogP contribution in [-0.2, 0) is 0 Å². The number of anilines is 1. The van der Waals surface area contributed by atoms with Gasteiger partial charge in [0.05, 0.1) is 6.20 Å². The molecule has 1 unspecified atom stereocenters. The van der Waals surface area contributed by atoms with Gasteiger partial charge in [-0.2, -0.15) is 5.10 Å². The van der Waals surface area contributed by atoms with Crippen molar-refractivity contribution in [3.8, 4) is 16.9 Å². The summed E-state index contributed by atoms with van der Waals surface area (Å²) in [7, 11) is 0. The van der Waals surface area contributed by atoms with E-state index in [0.29, 0.717) is 16.6 Å². The van der Waals surface area contributed by atoms with E-state index in [1.807, 2.05) is 37.3 Å². The normalized spacial score (nSPS) is 12.1. The highest BCUT2D eigenvalue weighted by Crippen LogP contribution is 2.32. The molecule has 5 nitrogen and oxygen atoms in total. The zero-order chi connectivity index (χ0) is 15.5. The van der Waals surface area contributed by atoms with Gasteiger partial charge < -0.3 is 10.5 Å². The number of nitrogen functional groups attached to an aromatic ring is 1. The van der Waals surface area contributed by atoms with Crippen molar-refractivity contribution >= 4 is 17.4 Å². The number of ether oxygens (including phenoxy) is 1. The Kier molecular flexibility index (Phi) is 3.98. The summed E-state index contributed by atoms with van der Waals surface area (Å²) in [6.07, 6.45) is 4.95. The quantitative estimate of drug-likeness (QED) is 0.767. The molecule has 3 N–H and O–H groups in total. The van der Waals surface area contributed by atoms with Crippen LogP contribution in [0.5, 0.6) is 5.75 Å². The van der Waals surface area contributed by atoms with Crippen molar-refractivity contribution in [3.63, 3.8) is 0 Å². The average Bonchev–Trinajstić information content (AvgIpc) is 3.04. The van der Waals surface area contributed by atoms with Crippen LogP contribution in [0.15, 0.2) is 48.9 Å². The molecule has 0 aliphatic rings. The van der Waals surface area contributed by atoms with Crippen molar-refractivity contribution in [1.29, 1.82) is 0 Å². The van der Waals surface area contributed by atoms with Crippen LogP contribution in [0.4, 0.5) is 5.82 Å². The number of aromatic amines is 1. The number of pyridine rings is 1. The minimum atomic E-state index is -0.239. The van der Waals surface area contributed by atoms with Gasteiger partial charge in [0.2, 0.25) is 0 Å². The van der Waals surface area contributed by atoms with E-state index in [1.165, 1.54) is 0 Å². The Balaban J connectivity index is 1.89. The van der Waals surface area contributed by atoms with Crippen molar-refractivity contribution in [3.05, 3.63) is 59.5 Å². The number of nitrogens with one attached hydrogen (secondary N) is 1. The molecule has 0 spiro atoms. The zero-order valence-corrected chi connectivity index (χ0v) is 12.7. The second kappa shape index (κ2) is 6.07. The van der Waals surface area contributed by atoms with Gasteiger partial charge in [-0.25, -0.2) is 4.98 Å². The van der Waals surface area contributed by atoms with Crippen LogP contribution in [0.2, 0.25) is 5.02 Å². The fourth-order valence-corrected chi connectivity index (χ4v) is 2.46. The Bertz CT molecular complexity index is 774. The molecular formula is C16H15ClN4O. The fourth-order valence-electron chi connectivity index (χ4n) is 2.17. The Hall–Kier alpha value is -2.53. The van der Waals surface area contributed by atoms with Crippen molar-refractivity contribution in [1.82, 2.24) is 15.2 Å². The summed E-state index contributed by atoms with van der Waals surface area (Å²) < 4.78 is 5.95. The highest BCUT2D eigenvalue weighted by molar-refractivity contribution is 6.31. The highest BCUT2D eigenvalue weighted by Gasteiger charge is 2.14. The Labute approximate surface area is 133 Å². The van der Waals surface area contributed by atoms with E-state index in [1.54, 1.807) is 18.6 Å². The highest BCUT2D eigenvalue weighted by atomic mass is 35.5. The van der Waals surface area contributed by atoms with Crippen molar-refractivity contribution < 1.29 is 4.74 Å². The van der Waals surface area contributed by atoms with E-state index in [0.717, 1.165) is 16.7 Å². The molecule has 0 saturated heterocycles. The number of benzene rings is 1. The smallest absolute Gasteiger partial charge is 0.166 e. The Morgan fingerprint density at radius 2 is 2.05 bits per heavy atom. The lowest BCUT2D eigenvalue weighted by molar-refractivity contribution is 0.228. The summed E-state index contributed by atoms with van der Waals surface area (Å²) in [6.45, 7) is 1.92. The molecule has 0 amide bonds. The van der Waals surface area contributed by atoms with Crippen molar-refractivity contribution in [2.75, 3.05) is 5.73 Å². The molecule has 112 valence electrons. The van der Waals surface area contributed by atoms with E-state index >= 15 is 0 Å². The number of rotatable bonds is 4. The van der Waals surface area contributed by atoms with E-state index < -0.39 is 0 Å². The fraction of sp³-hybridized carbons (Fsp3) is 0.125. The number of nitrogens with two attached hydrogens (primary N) is 1. The molecule has 0 radical (unpaired) electrons. The maximum atomic E-state index is 6.20. The first-order valence-electron chi connectivity index (χ1n) is 6.81. The summed E-state index contributed by atoms with van der Waals surface area (Å²) >= 11 is 6.20. The van der Waals surface area contributed by atoms with Crippen LogP contribution in [0, 0.1) is 0 Å². The molecule has 0 aliphatic heterocycles. The SMILES string of the molecule is CC(Oc1cc(-c2cn[nH]c2)cnc1N)c1ccccc1Cl. The monoisotopic (exact) mass is 314 g/mol. The maximum absolute atomic E-state index is 6.20. The number of hydrogen-bond acceptors (Lipinski definition) is 4. The summed E-state index contributed by atoms with van der Waals surface area (Å²) in [4.78, 5) is 4.18. The number of hydrogen-bond donors (Lipinski definition) is 2. The second-order valence-electron chi connectivity index (χ2n) is 4.88. The molecule has 0 saturated carbocycles. The van der Waals surface area contributed by atoms with Crippen LogP contribution >= 0.6 is 11.6 Å². The van der Waals surface area contributed by atoms with Gasteiger partial charge in [-0.1, -0.05) is 29.8 Å². The molecule has 1 atom stereocenters. The third-order valence-corrected chi connectivity index (χ3v) is 3.70. The minimum absolute atomic E-state index is 0.239. The maximum Gasteiger partial charge on any atom is 0.166 e. The van der Waals surface area contributed by atoms with Gasteiger partial charge >= 0.3 is 0 Å². The third-order valence-electron chi connectivity index (χ3n) is 3.36. The Morgan fingerprint density at radius 3 is 2.77 bits per heavy atom. The average molecular weight is 315 g/mol. The first-order valence-corrected chi connectivity index (χ1v) is 7.18. The molecule has 1 aromatic carbocycles. The standard InChI is InChI=1S/C16H15ClN4O/c1-10(13-4-2-3-5-14(13)17)22-15-6-11(7-19-16(15)18)12-8-20-21-9-12/h2-10H,1H3,(H2,18,19)(H,20,21). The molecule has 22 heavy (non-hydrogen) atoms. The van der Waals surface area contributed by atoms with Crippen LogP contribution in [0.1, 0.15) is 18.6 Å². The topological polar surface area (TPSA) is 76.8 Å². The molecule has 3 aromatic rings. The second-order valence-corrected chi connectivity index (χ2v) is 5.28. The molecular weight excluding hydrogens is 300 g/mol. The van der Waals surface area contributed by atoms with Crippen molar-refractivity contribution in [2.45, 2.75) is 13.0 Å². The van der Waals surface area contributed by atoms with E-state index in [4.69, 9.17) is 22.1 Å². The van der Waals surface area contributed by atoms with Crippen LogP contribution in [0.25, 0.3) is 11.1 Å². The van der Waals surface area contributed by atoms with Crippen LogP contribution in [0.3, 0.4) is 0 Å². The van der Waals surface area contributed by atoms with Gasteiger partial charge in [0.15, 0.2) is 11.6 Å². The zero-order valence-electron chi connectivity index (χ0n) is 12.0. The Morgan fingerprint density at radius 1 is 1.23 bits per heavy atom. The molecule has 0 fully saturated rings. The summed E-state index contributed by atoms with van der Waals surface area (Å²) in [6, 6.07) is 9.41. The van der Waals surface area contributed by atoms with E-state index in [9.17, 15) is 0 Å².